The molecule has 0 saturated carbocycles. The molecule has 0 unspecified atom stereocenters. The third kappa shape index (κ3) is 4.97. The average molecular weight is 448 g/mol. The lowest BCUT2D eigenvalue weighted by atomic mass is 10.1. The van der Waals surface area contributed by atoms with E-state index in [9.17, 15) is 4.79 Å². The van der Waals surface area contributed by atoms with Crippen LogP contribution in [0, 0.1) is 13.8 Å². The second kappa shape index (κ2) is 9.62. The molecule has 0 aliphatic heterocycles. The Hall–Kier alpha value is -2.70. The zero-order chi connectivity index (χ0) is 21.8. The van der Waals surface area contributed by atoms with E-state index < -0.39 is 0 Å². The van der Waals surface area contributed by atoms with Crippen molar-refractivity contribution in [1.29, 1.82) is 0 Å². The predicted octanol–water partition coefficient (Wildman–Crippen LogP) is 6.20. The molecule has 31 heavy (non-hydrogen) atoms. The van der Waals surface area contributed by atoms with Crippen molar-refractivity contribution in [3.05, 3.63) is 83.2 Å². The Morgan fingerprint density at radius 2 is 1.74 bits per heavy atom. The molecule has 0 atom stereocenters. The Morgan fingerprint density at radius 3 is 2.45 bits per heavy atom. The van der Waals surface area contributed by atoms with E-state index in [2.05, 4.69) is 50.0 Å². The summed E-state index contributed by atoms with van der Waals surface area (Å²) >= 11 is 3.37. The number of hydrogen-bond donors (Lipinski definition) is 0. The summed E-state index contributed by atoms with van der Waals surface area (Å²) < 4.78 is 1.10. The van der Waals surface area contributed by atoms with Gasteiger partial charge in [0.1, 0.15) is 0 Å². The van der Waals surface area contributed by atoms with Gasteiger partial charge in [0, 0.05) is 17.3 Å². The maximum Gasteiger partial charge on any atom is 0.233 e. The van der Waals surface area contributed by atoms with Gasteiger partial charge in [0.15, 0.2) is 5.13 Å². The highest BCUT2D eigenvalue weighted by atomic mass is 32.2. The summed E-state index contributed by atoms with van der Waals surface area (Å²) in [6.45, 7) is 6.80. The number of thioether (sulfide) groups is 1. The highest BCUT2D eigenvalue weighted by Gasteiger charge is 2.21. The number of thiazole rings is 1. The van der Waals surface area contributed by atoms with E-state index in [1.807, 2.05) is 29.2 Å². The number of aryl methyl sites for hydroxylation is 2. The topological polar surface area (TPSA) is 46.1 Å². The summed E-state index contributed by atoms with van der Waals surface area (Å²) in [5.41, 5.74) is 5.40. The smallest absolute Gasteiger partial charge is 0.233 e. The van der Waals surface area contributed by atoms with Crippen LogP contribution in [0.3, 0.4) is 0 Å². The van der Waals surface area contributed by atoms with Crippen LogP contribution in [0.5, 0.6) is 0 Å². The number of benzene rings is 2. The van der Waals surface area contributed by atoms with Crippen LogP contribution in [0.25, 0.3) is 10.2 Å². The van der Waals surface area contributed by atoms with E-state index in [0.717, 1.165) is 32.2 Å². The van der Waals surface area contributed by atoms with Crippen molar-refractivity contribution in [3.8, 4) is 0 Å². The second-order valence-corrected chi connectivity index (χ2v) is 9.79. The molecule has 0 saturated heterocycles. The normalized spacial score (nSPS) is 11.1. The highest BCUT2D eigenvalue weighted by Crippen LogP contribution is 2.33. The molecule has 158 valence electrons. The minimum Gasteiger partial charge on any atom is -0.283 e. The van der Waals surface area contributed by atoms with Gasteiger partial charge in [-0.3, -0.25) is 14.7 Å². The lowest BCUT2D eigenvalue weighted by molar-refractivity contribution is -0.118. The van der Waals surface area contributed by atoms with E-state index >= 15 is 0 Å². The van der Waals surface area contributed by atoms with Gasteiger partial charge < -0.3 is 0 Å². The molecule has 0 fully saturated rings. The summed E-state index contributed by atoms with van der Waals surface area (Å²) in [6, 6.07) is 16.4. The maximum absolute atomic E-state index is 13.4. The number of carbonyl (C=O) groups is 1. The number of aromatic nitrogens is 2. The molecule has 0 radical (unpaired) electrons. The molecule has 0 aliphatic carbocycles. The fourth-order valence-corrected chi connectivity index (χ4v) is 5.11. The molecular weight excluding hydrogens is 422 g/mol. The average Bonchev–Trinajstić information content (AvgIpc) is 3.21. The number of carbonyl (C=O) groups excluding carboxylic acids is 1. The Kier molecular flexibility index (Phi) is 6.68. The molecule has 4 aromatic rings. The minimum absolute atomic E-state index is 0.0427. The van der Waals surface area contributed by atoms with Crippen molar-refractivity contribution in [2.75, 3.05) is 10.7 Å². The van der Waals surface area contributed by atoms with Gasteiger partial charge in [0.05, 0.1) is 23.2 Å². The van der Waals surface area contributed by atoms with Crippen molar-refractivity contribution in [2.24, 2.45) is 0 Å². The Labute approximate surface area is 191 Å². The predicted molar refractivity (Wildman–Crippen MR) is 131 cm³/mol. The summed E-state index contributed by atoms with van der Waals surface area (Å²) in [4.78, 5) is 25.4. The number of rotatable bonds is 7. The van der Waals surface area contributed by atoms with Gasteiger partial charge in [0.2, 0.25) is 5.91 Å². The molecule has 0 spiro atoms. The first-order valence-electron chi connectivity index (χ1n) is 10.3. The van der Waals surface area contributed by atoms with Gasteiger partial charge in [-0.1, -0.05) is 36.5 Å². The molecule has 2 aromatic heterocycles. The Balaban J connectivity index is 1.65. The maximum atomic E-state index is 13.4. The molecule has 4 rings (SSSR count). The second-order valence-electron chi connectivity index (χ2n) is 7.44. The largest absolute Gasteiger partial charge is 0.283 e. The van der Waals surface area contributed by atoms with Crippen molar-refractivity contribution in [1.82, 2.24) is 9.97 Å². The Morgan fingerprint density at radius 1 is 1.00 bits per heavy atom. The van der Waals surface area contributed by atoms with Crippen LogP contribution in [-0.2, 0) is 17.8 Å². The highest BCUT2D eigenvalue weighted by molar-refractivity contribution is 7.99. The summed E-state index contributed by atoms with van der Waals surface area (Å²) in [6.07, 6.45) is 3.86. The molecule has 1 amide bonds. The molecule has 4 nitrogen and oxygen atoms in total. The van der Waals surface area contributed by atoms with E-state index in [1.165, 1.54) is 16.0 Å². The van der Waals surface area contributed by atoms with E-state index in [-0.39, 0.29) is 5.91 Å². The molecule has 2 heterocycles. The zero-order valence-corrected chi connectivity index (χ0v) is 19.6. The molecule has 6 heteroatoms. The van der Waals surface area contributed by atoms with Crippen molar-refractivity contribution >= 4 is 44.4 Å². The van der Waals surface area contributed by atoms with Gasteiger partial charge in [-0.05, 0) is 72.2 Å². The van der Waals surface area contributed by atoms with Crippen LogP contribution < -0.4 is 4.90 Å². The fourth-order valence-electron chi connectivity index (χ4n) is 3.40. The number of pyridine rings is 1. The van der Waals surface area contributed by atoms with Crippen LogP contribution in [0.1, 0.15) is 29.2 Å². The van der Waals surface area contributed by atoms with E-state index in [4.69, 9.17) is 4.98 Å². The number of hydrogen-bond acceptors (Lipinski definition) is 5. The molecule has 0 N–H and O–H groups in total. The first kappa shape index (κ1) is 21.5. The zero-order valence-electron chi connectivity index (χ0n) is 18.0. The molecule has 2 aromatic carbocycles. The lowest BCUT2D eigenvalue weighted by Crippen LogP contribution is -2.31. The van der Waals surface area contributed by atoms with Crippen LogP contribution in [-0.4, -0.2) is 21.6 Å². The lowest BCUT2D eigenvalue weighted by Gasteiger charge is -2.20. The summed E-state index contributed by atoms with van der Waals surface area (Å²) in [5.74, 6) is 1.08. The van der Waals surface area contributed by atoms with Gasteiger partial charge in [-0.15, -0.1) is 11.8 Å². The molecule has 0 bridgehead atoms. The van der Waals surface area contributed by atoms with Crippen molar-refractivity contribution < 1.29 is 4.79 Å². The minimum atomic E-state index is 0.0427. The van der Waals surface area contributed by atoms with Gasteiger partial charge in [-0.2, -0.15) is 0 Å². The first-order chi connectivity index (χ1) is 15.0. The number of fused-ring (bicyclic) bond motifs is 1. The van der Waals surface area contributed by atoms with Crippen LogP contribution in [0.4, 0.5) is 5.13 Å². The number of anilines is 1. The number of nitrogens with zero attached hydrogens (tertiary/aromatic N) is 3. The van der Waals surface area contributed by atoms with Crippen molar-refractivity contribution in [3.63, 3.8) is 0 Å². The summed E-state index contributed by atoms with van der Waals surface area (Å²) in [7, 11) is 0. The third-order valence-corrected chi connectivity index (χ3v) is 7.22. The fraction of sp³-hybridized carbons (Fsp3) is 0.240. The van der Waals surface area contributed by atoms with Crippen LogP contribution >= 0.6 is 23.1 Å². The number of amides is 1. The first-order valence-corrected chi connectivity index (χ1v) is 12.1. The van der Waals surface area contributed by atoms with Crippen LogP contribution in [0.2, 0.25) is 0 Å². The molecular formula is C25H25N3OS2. The van der Waals surface area contributed by atoms with E-state index in [0.29, 0.717) is 13.0 Å². The van der Waals surface area contributed by atoms with Gasteiger partial charge in [0.25, 0.3) is 0 Å². The Bertz CT molecular complexity index is 1190. The van der Waals surface area contributed by atoms with Crippen LogP contribution in [0.15, 0.2) is 65.8 Å². The van der Waals surface area contributed by atoms with Crippen molar-refractivity contribution in [2.45, 2.75) is 38.6 Å². The quantitative estimate of drug-likeness (QED) is 0.317. The molecule has 0 aliphatic rings. The van der Waals surface area contributed by atoms with Gasteiger partial charge >= 0.3 is 0 Å². The third-order valence-electron chi connectivity index (χ3n) is 5.29. The monoisotopic (exact) mass is 447 g/mol. The SMILES string of the molecule is CCSc1ccc(CC(=O)N(Cc2ccncc2)c2nc3c(C)c(C)ccc3s2)cc1. The standard InChI is InChI=1S/C25H25N3OS2/c1-4-30-21-8-6-19(7-9-21)15-23(29)28(16-20-11-13-26-14-12-20)25-27-24-18(3)17(2)5-10-22(24)31-25/h5-14H,4,15-16H2,1-3H3. The van der Waals surface area contributed by atoms with E-state index in [1.54, 1.807) is 35.5 Å². The summed E-state index contributed by atoms with van der Waals surface area (Å²) in [5, 5.41) is 0.740. The van der Waals surface area contributed by atoms with Gasteiger partial charge in [-0.25, -0.2) is 4.98 Å².